The Kier molecular flexibility index (Phi) is 2.28. The average Bonchev–Trinajstić information content (AvgIpc) is 2.70. The summed E-state index contributed by atoms with van der Waals surface area (Å²) < 4.78 is 0. The normalized spacial score (nSPS) is 10.1. The van der Waals surface area contributed by atoms with Crippen molar-refractivity contribution in [3.8, 4) is 5.69 Å². The SMILES string of the molecule is O=C(Cl)c1ccccc1-n1nccn1. The monoisotopic (exact) mass is 207 g/mol. The van der Waals surface area contributed by atoms with E-state index in [0.717, 1.165) is 0 Å². The van der Waals surface area contributed by atoms with Crippen LogP contribution < -0.4 is 0 Å². The maximum absolute atomic E-state index is 11.1. The molecule has 0 saturated carbocycles. The molecule has 0 fully saturated rings. The van der Waals surface area contributed by atoms with Crippen LogP contribution in [0.5, 0.6) is 0 Å². The first-order valence-electron chi connectivity index (χ1n) is 3.94. The summed E-state index contributed by atoms with van der Waals surface area (Å²) >= 11 is 5.42. The Hall–Kier alpha value is -1.68. The zero-order valence-corrected chi connectivity index (χ0v) is 7.85. The van der Waals surface area contributed by atoms with Crippen molar-refractivity contribution in [1.29, 1.82) is 0 Å². The van der Waals surface area contributed by atoms with E-state index in [4.69, 9.17) is 11.6 Å². The lowest BCUT2D eigenvalue weighted by molar-refractivity contribution is 0.108. The molecule has 1 aromatic carbocycles. The highest BCUT2D eigenvalue weighted by Gasteiger charge is 2.10. The summed E-state index contributed by atoms with van der Waals surface area (Å²) in [6.07, 6.45) is 3.07. The van der Waals surface area contributed by atoms with Crippen LogP contribution in [-0.4, -0.2) is 20.2 Å². The Labute approximate surface area is 85.1 Å². The van der Waals surface area contributed by atoms with E-state index >= 15 is 0 Å². The highest BCUT2D eigenvalue weighted by atomic mass is 35.5. The van der Waals surface area contributed by atoms with Gasteiger partial charge in [-0.25, -0.2) is 0 Å². The zero-order chi connectivity index (χ0) is 9.97. The molecule has 1 heterocycles. The first-order chi connectivity index (χ1) is 6.79. The van der Waals surface area contributed by atoms with E-state index in [2.05, 4.69) is 10.2 Å². The van der Waals surface area contributed by atoms with Crippen LogP contribution in [0.4, 0.5) is 0 Å². The maximum Gasteiger partial charge on any atom is 0.254 e. The minimum Gasteiger partial charge on any atom is -0.276 e. The van der Waals surface area contributed by atoms with Crippen molar-refractivity contribution >= 4 is 16.8 Å². The third-order valence-electron chi connectivity index (χ3n) is 1.75. The first kappa shape index (κ1) is 8.90. The molecule has 0 bridgehead atoms. The first-order valence-corrected chi connectivity index (χ1v) is 4.32. The molecule has 2 aromatic rings. The molecular formula is C9H6ClN3O. The molecule has 0 aliphatic carbocycles. The van der Waals surface area contributed by atoms with Gasteiger partial charge in [-0.05, 0) is 23.7 Å². The second-order valence-corrected chi connectivity index (χ2v) is 2.95. The van der Waals surface area contributed by atoms with Gasteiger partial charge in [-0.15, -0.1) is 0 Å². The molecule has 0 saturated heterocycles. The van der Waals surface area contributed by atoms with Gasteiger partial charge in [0.25, 0.3) is 5.24 Å². The Morgan fingerprint density at radius 3 is 2.50 bits per heavy atom. The number of carbonyl (C=O) groups excluding carboxylic acids is 1. The van der Waals surface area contributed by atoms with Gasteiger partial charge in [-0.3, -0.25) is 4.79 Å². The Morgan fingerprint density at radius 2 is 1.86 bits per heavy atom. The number of halogens is 1. The van der Waals surface area contributed by atoms with Crippen molar-refractivity contribution < 1.29 is 4.79 Å². The Balaban J connectivity index is 2.58. The van der Waals surface area contributed by atoms with Crippen LogP contribution >= 0.6 is 11.6 Å². The summed E-state index contributed by atoms with van der Waals surface area (Å²) in [5.74, 6) is 0. The molecule has 0 spiro atoms. The van der Waals surface area contributed by atoms with Crippen molar-refractivity contribution in [2.24, 2.45) is 0 Å². The van der Waals surface area contributed by atoms with Gasteiger partial charge in [0.05, 0.1) is 23.6 Å². The number of rotatable bonds is 2. The summed E-state index contributed by atoms with van der Waals surface area (Å²) in [5.41, 5.74) is 0.975. The van der Waals surface area contributed by atoms with Crippen molar-refractivity contribution in [3.05, 3.63) is 42.2 Å². The van der Waals surface area contributed by atoms with Crippen LogP contribution in [0.3, 0.4) is 0 Å². The fourth-order valence-electron chi connectivity index (χ4n) is 1.15. The van der Waals surface area contributed by atoms with Gasteiger partial charge in [0.15, 0.2) is 0 Å². The number of hydrogen-bond donors (Lipinski definition) is 0. The molecule has 70 valence electrons. The molecule has 2 rings (SSSR count). The topological polar surface area (TPSA) is 47.8 Å². The lowest BCUT2D eigenvalue weighted by Gasteiger charge is -2.02. The summed E-state index contributed by atoms with van der Waals surface area (Å²) in [4.78, 5) is 12.4. The van der Waals surface area contributed by atoms with Gasteiger partial charge in [0.2, 0.25) is 0 Å². The van der Waals surface area contributed by atoms with Crippen LogP contribution in [0.15, 0.2) is 36.7 Å². The number of benzene rings is 1. The molecule has 0 unspecified atom stereocenters. The number of nitrogens with zero attached hydrogens (tertiary/aromatic N) is 3. The van der Waals surface area contributed by atoms with E-state index in [1.807, 2.05) is 0 Å². The van der Waals surface area contributed by atoms with E-state index in [-0.39, 0.29) is 0 Å². The van der Waals surface area contributed by atoms with Gasteiger partial charge in [-0.2, -0.15) is 15.0 Å². The van der Waals surface area contributed by atoms with Crippen molar-refractivity contribution in [2.75, 3.05) is 0 Å². The van der Waals surface area contributed by atoms with Gasteiger partial charge in [0, 0.05) is 0 Å². The lowest BCUT2D eigenvalue weighted by atomic mass is 10.2. The predicted molar refractivity (Wildman–Crippen MR) is 51.5 cm³/mol. The number of carbonyl (C=O) groups is 1. The lowest BCUT2D eigenvalue weighted by Crippen LogP contribution is -2.04. The van der Waals surface area contributed by atoms with Gasteiger partial charge < -0.3 is 0 Å². The third-order valence-corrected chi connectivity index (χ3v) is 1.95. The summed E-state index contributed by atoms with van der Waals surface area (Å²) in [6.45, 7) is 0. The van der Waals surface area contributed by atoms with E-state index in [1.54, 1.807) is 24.3 Å². The molecule has 0 N–H and O–H groups in total. The van der Waals surface area contributed by atoms with E-state index < -0.39 is 5.24 Å². The Bertz CT molecular complexity index is 453. The molecule has 0 aliphatic rings. The molecule has 0 amide bonds. The highest BCUT2D eigenvalue weighted by Crippen LogP contribution is 2.14. The third kappa shape index (κ3) is 1.52. The summed E-state index contributed by atoms with van der Waals surface area (Å²) in [7, 11) is 0. The predicted octanol–water partition coefficient (Wildman–Crippen LogP) is 1.65. The molecule has 14 heavy (non-hydrogen) atoms. The largest absolute Gasteiger partial charge is 0.276 e. The fourth-order valence-corrected chi connectivity index (χ4v) is 1.31. The van der Waals surface area contributed by atoms with Gasteiger partial charge >= 0.3 is 0 Å². The fraction of sp³-hybridized carbons (Fsp3) is 0. The van der Waals surface area contributed by atoms with Crippen LogP contribution in [0.1, 0.15) is 10.4 Å². The van der Waals surface area contributed by atoms with E-state index in [1.165, 1.54) is 17.2 Å². The zero-order valence-electron chi connectivity index (χ0n) is 7.09. The molecule has 1 aromatic heterocycles. The van der Waals surface area contributed by atoms with E-state index in [0.29, 0.717) is 11.3 Å². The van der Waals surface area contributed by atoms with Crippen molar-refractivity contribution in [3.63, 3.8) is 0 Å². The second kappa shape index (κ2) is 3.59. The number of para-hydroxylation sites is 1. The van der Waals surface area contributed by atoms with Gasteiger partial charge in [0.1, 0.15) is 0 Å². The molecule has 0 atom stereocenters. The van der Waals surface area contributed by atoms with Crippen LogP contribution in [0, 0.1) is 0 Å². The summed E-state index contributed by atoms with van der Waals surface area (Å²) in [5, 5.41) is 7.33. The molecule has 5 heteroatoms. The maximum atomic E-state index is 11.1. The number of aromatic nitrogens is 3. The quantitative estimate of drug-likeness (QED) is 0.704. The average molecular weight is 208 g/mol. The molecule has 0 aliphatic heterocycles. The van der Waals surface area contributed by atoms with Crippen molar-refractivity contribution in [2.45, 2.75) is 0 Å². The minimum atomic E-state index is -0.516. The smallest absolute Gasteiger partial charge is 0.254 e. The van der Waals surface area contributed by atoms with Gasteiger partial charge in [-0.1, -0.05) is 12.1 Å². The van der Waals surface area contributed by atoms with E-state index in [9.17, 15) is 4.79 Å². The minimum absolute atomic E-state index is 0.394. The summed E-state index contributed by atoms with van der Waals surface area (Å²) in [6, 6.07) is 6.90. The second-order valence-electron chi connectivity index (χ2n) is 2.61. The molecular weight excluding hydrogens is 202 g/mol. The van der Waals surface area contributed by atoms with Crippen LogP contribution in [0.25, 0.3) is 5.69 Å². The Morgan fingerprint density at radius 1 is 1.21 bits per heavy atom. The van der Waals surface area contributed by atoms with Crippen LogP contribution in [-0.2, 0) is 0 Å². The van der Waals surface area contributed by atoms with Crippen molar-refractivity contribution in [1.82, 2.24) is 15.0 Å². The van der Waals surface area contributed by atoms with Crippen LogP contribution in [0.2, 0.25) is 0 Å². The molecule has 4 nitrogen and oxygen atoms in total. The highest BCUT2D eigenvalue weighted by molar-refractivity contribution is 6.68. The molecule has 0 radical (unpaired) electrons. The number of hydrogen-bond acceptors (Lipinski definition) is 3. The standard InChI is InChI=1S/C9H6ClN3O/c10-9(14)7-3-1-2-4-8(7)13-11-5-6-12-13/h1-6H.